The highest BCUT2D eigenvalue weighted by Gasteiger charge is 2.28. The van der Waals surface area contributed by atoms with E-state index in [0.29, 0.717) is 18.8 Å². The van der Waals surface area contributed by atoms with Crippen molar-refractivity contribution in [1.82, 2.24) is 25.3 Å². The third kappa shape index (κ3) is 5.22. The van der Waals surface area contributed by atoms with E-state index in [1.165, 1.54) is 0 Å². The van der Waals surface area contributed by atoms with Gasteiger partial charge in [-0.25, -0.2) is 0 Å². The van der Waals surface area contributed by atoms with Gasteiger partial charge in [-0.2, -0.15) is 5.10 Å². The van der Waals surface area contributed by atoms with Gasteiger partial charge in [-0.05, 0) is 30.9 Å². The number of para-hydroxylation sites is 1. The van der Waals surface area contributed by atoms with E-state index in [4.69, 9.17) is 0 Å². The number of aryl methyl sites for hydroxylation is 1. The van der Waals surface area contributed by atoms with Gasteiger partial charge in [0.2, 0.25) is 11.8 Å². The van der Waals surface area contributed by atoms with Gasteiger partial charge in [-0.15, -0.1) is 0 Å². The summed E-state index contributed by atoms with van der Waals surface area (Å²) in [5.41, 5.74) is 2.05. The molecule has 4 rings (SSSR count). The van der Waals surface area contributed by atoms with Crippen LogP contribution in [-0.4, -0.2) is 52.0 Å². The van der Waals surface area contributed by atoms with Gasteiger partial charge in [0, 0.05) is 25.5 Å². The van der Waals surface area contributed by atoms with Crippen molar-refractivity contribution in [2.45, 2.75) is 31.7 Å². The van der Waals surface area contributed by atoms with Crippen LogP contribution in [0.3, 0.4) is 0 Å². The highest BCUT2D eigenvalue weighted by atomic mass is 16.2. The van der Waals surface area contributed by atoms with Gasteiger partial charge in [0.25, 0.3) is 5.91 Å². The van der Waals surface area contributed by atoms with E-state index in [0.717, 1.165) is 35.7 Å². The zero-order chi connectivity index (χ0) is 23.2. The lowest BCUT2D eigenvalue weighted by Crippen LogP contribution is -2.44. The SMILES string of the molecule is Cn1nc(C(=O)NCC(=O)N2CCCCCNC(=O)CC2c2ccccc2)c2ccccc21. The standard InChI is InChI=1S/C25H29N5O3/c1-29-20-13-7-6-12-19(20)24(28-29)25(33)27-17-23(32)30-15-9-3-8-14-26-22(31)16-21(30)18-10-4-2-5-11-18/h2,4-7,10-13,21H,3,8-9,14-17H2,1H3,(H,26,31)(H,27,33). The fraction of sp³-hybridized carbons (Fsp3) is 0.360. The molecule has 33 heavy (non-hydrogen) atoms. The van der Waals surface area contributed by atoms with Crippen LogP contribution < -0.4 is 10.6 Å². The zero-order valence-corrected chi connectivity index (χ0v) is 18.8. The molecule has 1 unspecified atom stereocenters. The number of nitrogens with zero attached hydrogens (tertiary/aromatic N) is 3. The lowest BCUT2D eigenvalue weighted by Gasteiger charge is -2.33. The molecule has 8 heteroatoms. The lowest BCUT2D eigenvalue weighted by molar-refractivity contribution is -0.134. The molecule has 0 spiro atoms. The van der Waals surface area contributed by atoms with Gasteiger partial charge in [0.05, 0.1) is 24.5 Å². The molecule has 1 aromatic heterocycles. The number of fused-ring (bicyclic) bond motifs is 1. The first-order valence-corrected chi connectivity index (χ1v) is 11.4. The summed E-state index contributed by atoms with van der Waals surface area (Å²) in [7, 11) is 1.78. The van der Waals surface area contributed by atoms with Gasteiger partial charge in [0.15, 0.2) is 5.69 Å². The van der Waals surface area contributed by atoms with Crippen LogP contribution in [-0.2, 0) is 16.6 Å². The largest absolute Gasteiger partial charge is 0.356 e. The van der Waals surface area contributed by atoms with Gasteiger partial charge < -0.3 is 15.5 Å². The first-order valence-electron chi connectivity index (χ1n) is 11.4. The summed E-state index contributed by atoms with van der Waals surface area (Å²) >= 11 is 0. The van der Waals surface area contributed by atoms with Crippen molar-refractivity contribution in [2.75, 3.05) is 19.6 Å². The number of aromatic nitrogens is 2. The smallest absolute Gasteiger partial charge is 0.272 e. The Morgan fingerprint density at radius 3 is 2.64 bits per heavy atom. The predicted molar refractivity (Wildman–Crippen MR) is 125 cm³/mol. The van der Waals surface area contributed by atoms with Gasteiger partial charge in [-0.3, -0.25) is 19.1 Å². The van der Waals surface area contributed by atoms with E-state index in [9.17, 15) is 14.4 Å². The number of carbonyl (C=O) groups is 3. The fourth-order valence-corrected chi connectivity index (χ4v) is 4.32. The molecule has 0 bridgehead atoms. The molecule has 1 saturated heterocycles. The van der Waals surface area contributed by atoms with Crippen LogP contribution in [0.1, 0.15) is 47.8 Å². The maximum atomic E-state index is 13.3. The summed E-state index contributed by atoms with van der Waals surface area (Å²) < 4.78 is 1.65. The van der Waals surface area contributed by atoms with Crippen LogP contribution in [0.25, 0.3) is 10.9 Å². The fourth-order valence-electron chi connectivity index (χ4n) is 4.32. The van der Waals surface area contributed by atoms with E-state index >= 15 is 0 Å². The number of amides is 3. The summed E-state index contributed by atoms with van der Waals surface area (Å²) in [5, 5.41) is 10.8. The van der Waals surface area contributed by atoms with Crippen LogP contribution in [0.2, 0.25) is 0 Å². The molecule has 1 aliphatic rings. The Kier molecular flexibility index (Phi) is 7.02. The molecule has 3 aromatic rings. The maximum Gasteiger partial charge on any atom is 0.272 e. The number of rotatable bonds is 4. The Bertz CT molecular complexity index is 1140. The van der Waals surface area contributed by atoms with E-state index in [2.05, 4.69) is 15.7 Å². The number of benzene rings is 2. The lowest BCUT2D eigenvalue weighted by atomic mass is 10.00. The van der Waals surface area contributed by atoms with Crippen molar-refractivity contribution in [3.05, 3.63) is 65.9 Å². The van der Waals surface area contributed by atoms with Gasteiger partial charge in [0.1, 0.15) is 0 Å². The molecular formula is C25H29N5O3. The Balaban J connectivity index is 1.52. The molecule has 1 atom stereocenters. The summed E-state index contributed by atoms with van der Waals surface area (Å²) in [6.07, 6.45) is 2.82. The average molecular weight is 448 g/mol. The number of carbonyl (C=O) groups excluding carboxylic acids is 3. The summed E-state index contributed by atoms with van der Waals surface area (Å²) in [6, 6.07) is 16.7. The second-order valence-electron chi connectivity index (χ2n) is 8.30. The van der Waals surface area contributed by atoms with Crippen LogP contribution in [0.4, 0.5) is 0 Å². The molecule has 0 radical (unpaired) electrons. The molecular weight excluding hydrogens is 418 g/mol. The van der Waals surface area contributed by atoms with E-state index in [1.807, 2.05) is 54.6 Å². The Morgan fingerprint density at radius 2 is 1.82 bits per heavy atom. The summed E-state index contributed by atoms with van der Waals surface area (Å²) in [5.74, 6) is -0.687. The maximum absolute atomic E-state index is 13.3. The Hall–Kier alpha value is -3.68. The third-order valence-corrected chi connectivity index (χ3v) is 6.03. The van der Waals surface area contributed by atoms with Crippen LogP contribution in [0.5, 0.6) is 0 Å². The molecule has 0 saturated carbocycles. The predicted octanol–water partition coefficient (Wildman–Crippen LogP) is 2.56. The number of nitrogens with one attached hydrogen (secondary N) is 2. The quantitative estimate of drug-likeness (QED) is 0.643. The van der Waals surface area contributed by atoms with Crippen molar-refractivity contribution in [2.24, 2.45) is 7.05 Å². The van der Waals surface area contributed by atoms with Crippen molar-refractivity contribution >= 4 is 28.6 Å². The first kappa shape index (κ1) is 22.5. The van der Waals surface area contributed by atoms with Crippen molar-refractivity contribution in [3.8, 4) is 0 Å². The number of hydrogen-bond acceptors (Lipinski definition) is 4. The molecule has 2 heterocycles. The van der Waals surface area contributed by atoms with Crippen molar-refractivity contribution < 1.29 is 14.4 Å². The van der Waals surface area contributed by atoms with Crippen molar-refractivity contribution in [1.29, 1.82) is 0 Å². The third-order valence-electron chi connectivity index (χ3n) is 6.03. The molecule has 172 valence electrons. The van der Waals surface area contributed by atoms with Gasteiger partial charge in [-0.1, -0.05) is 48.5 Å². The van der Waals surface area contributed by atoms with Crippen LogP contribution in [0.15, 0.2) is 54.6 Å². The minimum Gasteiger partial charge on any atom is -0.356 e. The molecule has 3 amide bonds. The molecule has 1 fully saturated rings. The Labute approximate surface area is 192 Å². The normalized spacial score (nSPS) is 17.4. The average Bonchev–Trinajstić information content (AvgIpc) is 3.18. The topological polar surface area (TPSA) is 96.3 Å². The zero-order valence-electron chi connectivity index (χ0n) is 18.8. The summed E-state index contributed by atoms with van der Waals surface area (Å²) in [6.45, 7) is 1.03. The summed E-state index contributed by atoms with van der Waals surface area (Å²) in [4.78, 5) is 40.4. The second kappa shape index (κ2) is 10.3. The van der Waals surface area contributed by atoms with Crippen LogP contribution >= 0.6 is 0 Å². The van der Waals surface area contributed by atoms with Crippen molar-refractivity contribution in [3.63, 3.8) is 0 Å². The monoisotopic (exact) mass is 447 g/mol. The first-order chi connectivity index (χ1) is 16.0. The van der Waals surface area contributed by atoms with E-state index in [-0.39, 0.29) is 30.8 Å². The highest BCUT2D eigenvalue weighted by molar-refractivity contribution is 6.05. The highest BCUT2D eigenvalue weighted by Crippen LogP contribution is 2.26. The number of hydrogen-bond donors (Lipinski definition) is 2. The molecule has 2 N–H and O–H groups in total. The molecule has 1 aliphatic heterocycles. The minimum absolute atomic E-state index is 0.0763. The second-order valence-corrected chi connectivity index (χ2v) is 8.30. The molecule has 0 aliphatic carbocycles. The molecule has 8 nitrogen and oxygen atoms in total. The van der Waals surface area contributed by atoms with Gasteiger partial charge >= 0.3 is 0 Å². The van der Waals surface area contributed by atoms with Crippen LogP contribution in [0, 0.1) is 0 Å². The minimum atomic E-state index is -0.393. The Morgan fingerprint density at radius 1 is 1.06 bits per heavy atom. The van der Waals surface area contributed by atoms with E-state index < -0.39 is 5.91 Å². The van der Waals surface area contributed by atoms with E-state index in [1.54, 1.807) is 16.6 Å². The molecule has 2 aromatic carbocycles.